The maximum atomic E-state index is 12.6. The Bertz CT molecular complexity index is 559. The summed E-state index contributed by atoms with van der Waals surface area (Å²) in [5.74, 6) is -2.22. The molecular formula is C16H28N4O6S. The van der Waals surface area contributed by atoms with Crippen molar-refractivity contribution in [3.63, 3.8) is 0 Å². The van der Waals surface area contributed by atoms with Gasteiger partial charge in [-0.1, -0.05) is 0 Å². The average molecular weight is 404 g/mol. The Balaban J connectivity index is 2.75. The first-order valence-corrected chi connectivity index (χ1v) is 10.1. The molecule has 0 spiro atoms. The number of carbonyl (C=O) groups excluding carboxylic acids is 3. The number of thioether (sulfide) groups is 1. The molecule has 0 saturated carbocycles. The van der Waals surface area contributed by atoms with Crippen LogP contribution < -0.4 is 16.4 Å². The molecule has 0 aromatic rings. The fraction of sp³-hybridized carbons (Fsp3) is 0.750. The van der Waals surface area contributed by atoms with Gasteiger partial charge in [0.2, 0.25) is 17.7 Å². The normalized spacial score (nSPS) is 19.9. The highest BCUT2D eigenvalue weighted by Gasteiger charge is 2.38. The number of hydrogen-bond acceptors (Lipinski definition) is 7. The maximum Gasteiger partial charge on any atom is 0.322 e. The van der Waals surface area contributed by atoms with E-state index in [0.717, 1.165) is 5.75 Å². The molecule has 11 heteroatoms. The maximum absolute atomic E-state index is 12.6. The number of aliphatic carboxylic acids is 1. The number of amides is 3. The van der Waals surface area contributed by atoms with Crippen LogP contribution in [0.2, 0.25) is 0 Å². The number of nitrogens with two attached hydrogens (primary N) is 1. The second-order valence-corrected chi connectivity index (χ2v) is 7.40. The molecule has 1 saturated heterocycles. The Kier molecular flexibility index (Phi) is 9.53. The second kappa shape index (κ2) is 11.1. The Morgan fingerprint density at radius 3 is 2.56 bits per heavy atom. The second-order valence-electron chi connectivity index (χ2n) is 6.42. The molecule has 3 amide bonds. The monoisotopic (exact) mass is 404 g/mol. The van der Waals surface area contributed by atoms with Crippen LogP contribution in [0.5, 0.6) is 0 Å². The number of aliphatic hydroxyl groups is 1. The molecule has 0 bridgehead atoms. The number of carboxylic acids is 1. The minimum atomic E-state index is -1.32. The van der Waals surface area contributed by atoms with E-state index in [1.165, 1.54) is 11.8 Å². The largest absolute Gasteiger partial charge is 0.480 e. The zero-order valence-corrected chi connectivity index (χ0v) is 16.3. The molecule has 1 aliphatic heterocycles. The van der Waals surface area contributed by atoms with Gasteiger partial charge in [0.1, 0.15) is 18.6 Å². The minimum absolute atomic E-state index is 0.314. The number of rotatable bonds is 10. The Labute approximate surface area is 162 Å². The van der Waals surface area contributed by atoms with E-state index in [-0.39, 0.29) is 5.91 Å². The van der Waals surface area contributed by atoms with E-state index in [1.54, 1.807) is 11.8 Å². The van der Waals surface area contributed by atoms with Crippen LogP contribution in [-0.2, 0) is 19.2 Å². The highest BCUT2D eigenvalue weighted by molar-refractivity contribution is 7.98. The van der Waals surface area contributed by atoms with Crippen molar-refractivity contribution in [1.82, 2.24) is 15.5 Å². The molecule has 6 N–H and O–H groups in total. The molecule has 0 aliphatic carbocycles. The standard InChI is InChI=1S/C16H28N4O6S/c1-9(21)13(15(25)18-8-12(22)23)19-14(24)11-4-3-6-20(11)16(26)10(17)5-7-27-2/h9-11,13,21H,3-8,17H2,1-2H3,(H,18,25)(H,19,24)(H,22,23). The van der Waals surface area contributed by atoms with Gasteiger partial charge in [0.15, 0.2) is 0 Å². The zero-order chi connectivity index (χ0) is 20.6. The molecule has 1 aliphatic rings. The van der Waals surface area contributed by atoms with Gasteiger partial charge in [-0.15, -0.1) is 0 Å². The van der Waals surface area contributed by atoms with Crippen LogP contribution in [0, 0.1) is 0 Å². The summed E-state index contributed by atoms with van der Waals surface area (Å²) in [6, 6.07) is -2.79. The zero-order valence-electron chi connectivity index (χ0n) is 15.5. The predicted octanol–water partition coefficient (Wildman–Crippen LogP) is -1.88. The van der Waals surface area contributed by atoms with Crippen LogP contribution in [0.3, 0.4) is 0 Å². The number of carboxylic acid groups (broad SMARTS) is 1. The lowest BCUT2D eigenvalue weighted by molar-refractivity contribution is -0.142. The third kappa shape index (κ3) is 7.00. The van der Waals surface area contributed by atoms with Gasteiger partial charge in [-0.2, -0.15) is 11.8 Å². The van der Waals surface area contributed by atoms with E-state index in [0.29, 0.717) is 25.8 Å². The molecule has 1 fully saturated rings. The van der Waals surface area contributed by atoms with Crippen LogP contribution in [0.25, 0.3) is 0 Å². The summed E-state index contributed by atoms with van der Waals surface area (Å²) in [6.07, 6.45) is 2.23. The van der Waals surface area contributed by atoms with E-state index in [1.807, 2.05) is 6.26 Å². The lowest BCUT2D eigenvalue weighted by Gasteiger charge is -2.28. The number of nitrogens with zero attached hydrogens (tertiary/aromatic N) is 1. The first-order chi connectivity index (χ1) is 12.7. The van der Waals surface area contributed by atoms with Gasteiger partial charge in [-0.05, 0) is 38.2 Å². The fourth-order valence-corrected chi connectivity index (χ4v) is 3.30. The van der Waals surface area contributed by atoms with E-state index < -0.39 is 48.6 Å². The van der Waals surface area contributed by atoms with E-state index in [4.69, 9.17) is 10.8 Å². The van der Waals surface area contributed by atoms with Crippen molar-refractivity contribution in [2.24, 2.45) is 5.73 Å². The third-order valence-corrected chi connectivity index (χ3v) is 4.91. The van der Waals surface area contributed by atoms with Gasteiger partial charge in [0.05, 0.1) is 12.1 Å². The van der Waals surface area contributed by atoms with Crippen molar-refractivity contribution in [3.05, 3.63) is 0 Å². The highest BCUT2D eigenvalue weighted by Crippen LogP contribution is 2.19. The molecule has 10 nitrogen and oxygen atoms in total. The van der Waals surface area contributed by atoms with Gasteiger partial charge in [-0.25, -0.2) is 0 Å². The summed E-state index contributed by atoms with van der Waals surface area (Å²) >= 11 is 1.57. The van der Waals surface area contributed by atoms with Gasteiger partial charge < -0.3 is 31.5 Å². The summed E-state index contributed by atoms with van der Waals surface area (Å²) < 4.78 is 0. The van der Waals surface area contributed by atoms with E-state index in [2.05, 4.69) is 10.6 Å². The first-order valence-electron chi connectivity index (χ1n) is 8.72. The first kappa shape index (κ1) is 23.2. The Morgan fingerprint density at radius 1 is 1.33 bits per heavy atom. The number of carbonyl (C=O) groups is 4. The molecule has 27 heavy (non-hydrogen) atoms. The van der Waals surface area contributed by atoms with Crippen LogP contribution in [0.1, 0.15) is 26.2 Å². The number of likely N-dealkylation sites (tertiary alicyclic amines) is 1. The summed E-state index contributed by atoms with van der Waals surface area (Å²) in [5, 5.41) is 22.9. The molecule has 1 rings (SSSR count). The Hall–Kier alpha value is -1.85. The van der Waals surface area contributed by atoms with Crippen LogP contribution in [-0.4, -0.2) is 88.1 Å². The number of aliphatic hydroxyl groups excluding tert-OH is 1. The van der Waals surface area contributed by atoms with Gasteiger partial charge in [0.25, 0.3) is 0 Å². The highest BCUT2D eigenvalue weighted by atomic mass is 32.2. The molecule has 1 heterocycles. The summed E-state index contributed by atoms with van der Waals surface area (Å²) in [7, 11) is 0. The molecule has 0 aromatic carbocycles. The SMILES string of the molecule is CSCCC(N)C(=O)N1CCCC1C(=O)NC(C(=O)NCC(=O)O)C(C)O. The molecular weight excluding hydrogens is 376 g/mol. The van der Waals surface area contributed by atoms with Gasteiger partial charge in [0, 0.05) is 6.54 Å². The predicted molar refractivity (Wildman–Crippen MR) is 100.0 cm³/mol. The van der Waals surface area contributed by atoms with Crippen molar-refractivity contribution in [3.8, 4) is 0 Å². The lowest BCUT2D eigenvalue weighted by atomic mass is 10.1. The van der Waals surface area contributed by atoms with Crippen molar-refractivity contribution in [1.29, 1.82) is 0 Å². The smallest absolute Gasteiger partial charge is 0.322 e. The molecule has 0 aromatic heterocycles. The summed E-state index contributed by atoms with van der Waals surface area (Å²) in [6.45, 7) is 1.08. The van der Waals surface area contributed by atoms with Crippen molar-refractivity contribution in [2.75, 3.05) is 25.1 Å². The molecule has 0 radical (unpaired) electrons. The molecule has 4 unspecified atom stereocenters. The third-order valence-electron chi connectivity index (χ3n) is 4.27. The van der Waals surface area contributed by atoms with Gasteiger partial charge in [-0.3, -0.25) is 19.2 Å². The summed E-state index contributed by atoms with van der Waals surface area (Å²) in [5.41, 5.74) is 5.92. The molecule has 154 valence electrons. The minimum Gasteiger partial charge on any atom is -0.480 e. The fourth-order valence-electron chi connectivity index (χ4n) is 2.81. The number of nitrogens with one attached hydrogen (secondary N) is 2. The van der Waals surface area contributed by atoms with E-state index in [9.17, 15) is 24.3 Å². The van der Waals surface area contributed by atoms with Crippen LogP contribution in [0.15, 0.2) is 0 Å². The lowest BCUT2D eigenvalue weighted by Crippen LogP contribution is -2.58. The summed E-state index contributed by atoms with van der Waals surface area (Å²) in [4.78, 5) is 49.1. The molecule has 4 atom stereocenters. The van der Waals surface area contributed by atoms with Crippen molar-refractivity contribution in [2.45, 2.75) is 50.4 Å². The Morgan fingerprint density at radius 2 is 2.00 bits per heavy atom. The van der Waals surface area contributed by atoms with Crippen molar-refractivity contribution < 1.29 is 29.4 Å². The van der Waals surface area contributed by atoms with Crippen LogP contribution >= 0.6 is 11.8 Å². The quantitative estimate of drug-likeness (QED) is 0.283. The average Bonchev–Trinajstić information content (AvgIpc) is 3.10. The topological polar surface area (TPSA) is 162 Å². The number of hydrogen-bond donors (Lipinski definition) is 5. The van der Waals surface area contributed by atoms with E-state index >= 15 is 0 Å². The van der Waals surface area contributed by atoms with Crippen LogP contribution in [0.4, 0.5) is 0 Å². The van der Waals surface area contributed by atoms with Crippen molar-refractivity contribution >= 4 is 35.5 Å². The van der Waals surface area contributed by atoms with Gasteiger partial charge >= 0.3 is 5.97 Å².